The summed E-state index contributed by atoms with van der Waals surface area (Å²) in [6.07, 6.45) is -0.213. The fraction of sp³-hybridized carbons (Fsp3) is 0.875. The molecular weight excluding hydrogens is 158 g/mol. The summed E-state index contributed by atoms with van der Waals surface area (Å²) < 4.78 is 0. The number of rotatable bonds is 5. The van der Waals surface area contributed by atoms with Crippen molar-refractivity contribution in [3.8, 4) is 0 Å². The van der Waals surface area contributed by atoms with Crippen molar-refractivity contribution < 1.29 is 15.0 Å². The molecule has 0 bridgehead atoms. The molecular formula is C8H17NO3. The molecule has 1 unspecified atom stereocenters. The van der Waals surface area contributed by atoms with Crippen LogP contribution in [0.2, 0.25) is 0 Å². The zero-order chi connectivity index (χ0) is 9.56. The van der Waals surface area contributed by atoms with Gasteiger partial charge in [0.05, 0.1) is 6.10 Å². The maximum absolute atomic E-state index is 10.0. The summed E-state index contributed by atoms with van der Waals surface area (Å²) in [5.41, 5.74) is 0. The number of hydrogen-bond acceptors (Lipinski definition) is 2. The fourth-order valence-electron chi connectivity index (χ4n) is 1.01. The van der Waals surface area contributed by atoms with Crippen molar-refractivity contribution in [2.45, 2.75) is 32.8 Å². The van der Waals surface area contributed by atoms with E-state index in [1.165, 1.54) is 0 Å². The molecule has 0 saturated carbocycles. The maximum Gasteiger partial charge on any atom is 0.404 e. The van der Waals surface area contributed by atoms with Crippen LogP contribution in [0.1, 0.15) is 26.7 Å². The summed E-state index contributed by atoms with van der Waals surface area (Å²) in [6, 6.07) is 0. The number of nitrogens with one attached hydrogen (secondary N) is 1. The van der Waals surface area contributed by atoms with Gasteiger partial charge in [-0.2, -0.15) is 0 Å². The molecule has 0 aliphatic heterocycles. The van der Waals surface area contributed by atoms with Gasteiger partial charge in [-0.15, -0.1) is 0 Å². The molecule has 3 N–H and O–H groups in total. The van der Waals surface area contributed by atoms with Gasteiger partial charge in [0.15, 0.2) is 0 Å². The van der Waals surface area contributed by atoms with Crippen LogP contribution in [0, 0.1) is 5.92 Å². The molecule has 0 aromatic heterocycles. The van der Waals surface area contributed by atoms with Crippen LogP contribution >= 0.6 is 0 Å². The Hall–Kier alpha value is -0.770. The summed E-state index contributed by atoms with van der Waals surface area (Å²) in [5.74, 6) is 0.449. The molecule has 0 heterocycles. The third-order valence-corrected chi connectivity index (χ3v) is 1.50. The van der Waals surface area contributed by atoms with Crippen molar-refractivity contribution in [1.29, 1.82) is 0 Å². The lowest BCUT2D eigenvalue weighted by Gasteiger charge is -2.12. The lowest BCUT2D eigenvalue weighted by molar-refractivity contribution is 0.137. The van der Waals surface area contributed by atoms with Crippen molar-refractivity contribution in [2.75, 3.05) is 6.54 Å². The Balaban J connectivity index is 3.31. The second-order valence-electron chi connectivity index (χ2n) is 3.30. The van der Waals surface area contributed by atoms with E-state index in [9.17, 15) is 9.90 Å². The predicted molar refractivity (Wildman–Crippen MR) is 46.1 cm³/mol. The molecule has 0 aromatic rings. The van der Waals surface area contributed by atoms with Gasteiger partial charge < -0.3 is 15.5 Å². The van der Waals surface area contributed by atoms with Crippen LogP contribution in [0.15, 0.2) is 0 Å². The third kappa shape index (κ3) is 7.34. The van der Waals surface area contributed by atoms with E-state index < -0.39 is 12.2 Å². The molecule has 1 amide bonds. The second kappa shape index (κ2) is 5.83. The Bertz CT molecular complexity index is 136. The molecule has 0 aliphatic carbocycles. The minimum absolute atomic E-state index is 0.323. The van der Waals surface area contributed by atoms with Gasteiger partial charge in [0.2, 0.25) is 0 Å². The first-order chi connectivity index (χ1) is 5.52. The average molecular weight is 175 g/mol. The van der Waals surface area contributed by atoms with Gasteiger partial charge in [0, 0.05) is 6.54 Å². The average Bonchev–Trinajstić information content (AvgIpc) is 1.84. The molecule has 0 radical (unpaired) electrons. The first-order valence-electron chi connectivity index (χ1n) is 4.17. The molecule has 12 heavy (non-hydrogen) atoms. The minimum atomic E-state index is -1.04. The van der Waals surface area contributed by atoms with E-state index in [0.717, 1.165) is 6.42 Å². The quantitative estimate of drug-likeness (QED) is 0.585. The molecule has 0 saturated heterocycles. The molecule has 0 aliphatic rings. The predicted octanol–water partition coefficient (Wildman–Crippen LogP) is 1.05. The second-order valence-corrected chi connectivity index (χ2v) is 3.30. The topological polar surface area (TPSA) is 69.6 Å². The van der Waals surface area contributed by atoms with Gasteiger partial charge in [-0.25, -0.2) is 4.79 Å². The molecule has 0 spiro atoms. The van der Waals surface area contributed by atoms with Crippen molar-refractivity contribution >= 4 is 6.09 Å². The van der Waals surface area contributed by atoms with Gasteiger partial charge in [-0.3, -0.25) is 0 Å². The van der Waals surface area contributed by atoms with Crippen molar-refractivity contribution in [3.63, 3.8) is 0 Å². The van der Waals surface area contributed by atoms with E-state index >= 15 is 0 Å². The van der Waals surface area contributed by atoms with E-state index in [4.69, 9.17) is 5.11 Å². The van der Waals surface area contributed by atoms with Gasteiger partial charge in [-0.1, -0.05) is 13.8 Å². The Morgan fingerprint density at radius 2 is 2.08 bits per heavy atom. The largest absolute Gasteiger partial charge is 0.465 e. The maximum atomic E-state index is 10.0. The fourth-order valence-corrected chi connectivity index (χ4v) is 1.01. The van der Waals surface area contributed by atoms with Crippen LogP contribution in [-0.2, 0) is 0 Å². The summed E-state index contributed by atoms with van der Waals surface area (Å²) in [7, 11) is 0. The highest BCUT2D eigenvalue weighted by Gasteiger charge is 2.06. The van der Waals surface area contributed by atoms with Gasteiger partial charge >= 0.3 is 6.09 Å². The Labute approximate surface area is 72.6 Å². The van der Waals surface area contributed by atoms with E-state index in [0.29, 0.717) is 18.9 Å². The monoisotopic (exact) mass is 175 g/mol. The minimum Gasteiger partial charge on any atom is -0.465 e. The molecule has 1 atom stereocenters. The molecule has 72 valence electrons. The van der Waals surface area contributed by atoms with Gasteiger partial charge in [-0.05, 0) is 18.8 Å². The van der Waals surface area contributed by atoms with E-state index in [2.05, 4.69) is 5.32 Å². The van der Waals surface area contributed by atoms with Crippen LogP contribution in [0.3, 0.4) is 0 Å². The summed E-state index contributed by atoms with van der Waals surface area (Å²) in [4.78, 5) is 10.0. The summed E-state index contributed by atoms with van der Waals surface area (Å²) >= 11 is 0. The first-order valence-corrected chi connectivity index (χ1v) is 4.17. The van der Waals surface area contributed by atoms with Gasteiger partial charge in [0.25, 0.3) is 0 Å². The third-order valence-electron chi connectivity index (χ3n) is 1.50. The van der Waals surface area contributed by atoms with Crippen LogP contribution in [0.5, 0.6) is 0 Å². The van der Waals surface area contributed by atoms with Crippen molar-refractivity contribution in [2.24, 2.45) is 5.92 Å². The lowest BCUT2D eigenvalue weighted by atomic mass is 10.0. The molecule has 4 heteroatoms. The van der Waals surface area contributed by atoms with Crippen LogP contribution in [0.25, 0.3) is 0 Å². The normalized spacial score (nSPS) is 13.0. The Morgan fingerprint density at radius 3 is 2.50 bits per heavy atom. The molecule has 0 rings (SSSR count). The summed E-state index contributed by atoms with van der Waals surface area (Å²) in [5, 5.41) is 19.7. The number of hydrogen-bond donors (Lipinski definition) is 3. The smallest absolute Gasteiger partial charge is 0.404 e. The SMILES string of the molecule is CC(C)CC(O)CCNC(=O)O. The number of amides is 1. The number of carboxylic acid groups (broad SMARTS) is 1. The van der Waals surface area contributed by atoms with Crippen LogP contribution in [-0.4, -0.2) is 29.0 Å². The van der Waals surface area contributed by atoms with Crippen LogP contribution in [0.4, 0.5) is 4.79 Å². The van der Waals surface area contributed by atoms with Crippen molar-refractivity contribution in [1.82, 2.24) is 5.32 Å². The van der Waals surface area contributed by atoms with E-state index in [-0.39, 0.29) is 0 Å². The summed E-state index contributed by atoms with van der Waals surface area (Å²) in [6.45, 7) is 4.37. The molecule has 4 nitrogen and oxygen atoms in total. The molecule has 0 aromatic carbocycles. The van der Waals surface area contributed by atoms with E-state index in [1.807, 2.05) is 13.8 Å². The van der Waals surface area contributed by atoms with E-state index in [1.54, 1.807) is 0 Å². The molecule has 0 fully saturated rings. The zero-order valence-corrected chi connectivity index (χ0v) is 7.58. The zero-order valence-electron chi connectivity index (χ0n) is 7.58. The first kappa shape index (κ1) is 11.2. The number of carbonyl (C=O) groups is 1. The van der Waals surface area contributed by atoms with Gasteiger partial charge in [0.1, 0.15) is 0 Å². The Morgan fingerprint density at radius 1 is 1.50 bits per heavy atom. The lowest BCUT2D eigenvalue weighted by Crippen LogP contribution is -2.25. The standard InChI is InChI=1S/C8H17NO3/c1-6(2)5-7(10)3-4-9-8(11)12/h6-7,9-10H,3-5H2,1-2H3,(H,11,12). The van der Waals surface area contributed by atoms with Crippen molar-refractivity contribution in [3.05, 3.63) is 0 Å². The highest BCUT2D eigenvalue weighted by molar-refractivity contribution is 5.64. The highest BCUT2D eigenvalue weighted by Crippen LogP contribution is 2.06. The number of aliphatic hydroxyl groups excluding tert-OH is 1. The highest BCUT2D eigenvalue weighted by atomic mass is 16.4. The van der Waals surface area contributed by atoms with Crippen LogP contribution < -0.4 is 5.32 Å². The Kier molecular flexibility index (Phi) is 5.45. The number of aliphatic hydroxyl groups is 1.